The molecule has 0 amide bonds. The summed E-state index contributed by atoms with van der Waals surface area (Å²) in [4.78, 5) is 14.3. The zero-order valence-corrected chi connectivity index (χ0v) is 17.0. The maximum Gasteiger partial charge on any atom is 0.289 e. The van der Waals surface area contributed by atoms with Crippen molar-refractivity contribution < 1.29 is 13.3 Å². The van der Waals surface area contributed by atoms with E-state index in [2.05, 4.69) is 23.6 Å². The molecule has 2 aromatic carbocycles. The Morgan fingerprint density at radius 2 is 1.86 bits per heavy atom. The molecule has 0 aliphatic carbocycles. The molecule has 146 valence electrons. The molecule has 0 bridgehead atoms. The molecule has 7 nitrogen and oxygen atoms in total. The van der Waals surface area contributed by atoms with Crippen molar-refractivity contribution in [2.75, 3.05) is 4.72 Å². The van der Waals surface area contributed by atoms with Crippen molar-refractivity contribution in [3.63, 3.8) is 0 Å². The Hall–Kier alpha value is -2.78. The number of aromatic nitrogens is 1. The summed E-state index contributed by atoms with van der Waals surface area (Å²) < 4.78 is 27.5. The fraction of sp³-hybridized carbons (Fsp3) is 0.211. The van der Waals surface area contributed by atoms with E-state index >= 15 is 0 Å². The fourth-order valence-electron chi connectivity index (χ4n) is 2.68. The number of para-hydroxylation sites is 1. The Kier molecular flexibility index (Phi) is 5.76. The second-order valence-electron chi connectivity index (χ2n) is 6.30. The normalized spacial score (nSPS) is 12.5. The summed E-state index contributed by atoms with van der Waals surface area (Å²) in [5, 5.41) is 13.0. The van der Waals surface area contributed by atoms with Crippen LogP contribution in [-0.4, -0.2) is 18.3 Å². The summed E-state index contributed by atoms with van der Waals surface area (Å²) in [5.41, 5.74) is 2.27. The van der Waals surface area contributed by atoms with Crippen molar-refractivity contribution in [2.45, 2.75) is 31.1 Å². The lowest BCUT2D eigenvalue weighted by atomic mass is 9.97. The first kappa shape index (κ1) is 20.0. The lowest BCUT2D eigenvalue weighted by Gasteiger charge is -2.09. The van der Waals surface area contributed by atoms with Gasteiger partial charge in [-0.2, -0.15) is 0 Å². The molecule has 1 unspecified atom stereocenters. The van der Waals surface area contributed by atoms with E-state index in [0.29, 0.717) is 11.6 Å². The lowest BCUT2D eigenvalue weighted by Crippen LogP contribution is -2.14. The Balaban J connectivity index is 1.84. The number of hydrogen-bond donors (Lipinski definition) is 1. The zero-order valence-electron chi connectivity index (χ0n) is 15.3. The number of sulfonamides is 1. The predicted molar refractivity (Wildman–Crippen MR) is 110 cm³/mol. The third kappa shape index (κ3) is 4.20. The highest BCUT2D eigenvalue weighted by atomic mass is 32.2. The number of hydrogen-bond acceptors (Lipinski definition) is 6. The summed E-state index contributed by atoms with van der Waals surface area (Å²) >= 11 is 1.12. The molecule has 0 saturated carbocycles. The minimum atomic E-state index is -4.12. The molecule has 1 atom stereocenters. The van der Waals surface area contributed by atoms with Gasteiger partial charge in [0.05, 0.1) is 10.6 Å². The Morgan fingerprint density at radius 1 is 1.18 bits per heavy atom. The smallest absolute Gasteiger partial charge is 0.258 e. The van der Waals surface area contributed by atoms with Gasteiger partial charge in [0.15, 0.2) is 10.0 Å². The van der Waals surface area contributed by atoms with Crippen LogP contribution in [0.1, 0.15) is 31.7 Å². The number of nitrogens with zero attached hydrogens (tertiary/aromatic N) is 2. The van der Waals surface area contributed by atoms with Crippen LogP contribution in [0, 0.1) is 10.1 Å². The van der Waals surface area contributed by atoms with Gasteiger partial charge in [-0.25, -0.2) is 13.4 Å². The molecule has 0 aliphatic heterocycles. The van der Waals surface area contributed by atoms with Crippen molar-refractivity contribution in [3.05, 3.63) is 69.6 Å². The van der Waals surface area contributed by atoms with Crippen molar-refractivity contribution in [1.82, 2.24) is 4.98 Å². The maximum absolute atomic E-state index is 12.6. The average molecular weight is 418 g/mol. The van der Waals surface area contributed by atoms with Crippen LogP contribution in [0.25, 0.3) is 11.3 Å². The second kappa shape index (κ2) is 8.07. The third-order valence-electron chi connectivity index (χ3n) is 4.47. The topological polar surface area (TPSA) is 102 Å². The van der Waals surface area contributed by atoms with Gasteiger partial charge in [0.1, 0.15) is 0 Å². The van der Waals surface area contributed by atoms with E-state index in [4.69, 9.17) is 0 Å². The van der Waals surface area contributed by atoms with E-state index in [9.17, 15) is 18.5 Å². The first-order chi connectivity index (χ1) is 13.3. The van der Waals surface area contributed by atoms with Crippen LogP contribution in [0.4, 0.5) is 10.8 Å². The molecule has 1 aromatic heterocycles. The van der Waals surface area contributed by atoms with Crippen molar-refractivity contribution in [2.24, 2.45) is 0 Å². The SMILES string of the molecule is CCC(C)c1ccc(-c2csc(NS(=O)(=O)c3ccccc3[N+](=O)[O-])n2)cc1. The van der Waals surface area contributed by atoms with E-state index < -0.39 is 25.5 Å². The van der Waals surface area contributed by atoms with Crippen LogP contribution < -0.4 is 4.72 Å². The average Bonchev–Trinajstić information content (AvgIpc) is 3.15. The molecule has 0 aliphatic rings. The summed E-state index contributed by atoms with van der Waals surface area (Å²) in [6.45, 7) is 4.29. The molecule has 1 heterocycles. The first-order valence-corrected chi connectivity index (χ1v) is 11.0. The van der Waals surface area contributed by atoms with Gasteiger partial charge in [0, 0.05) is 17.0 Å². The number of thiazole rings is 1. The Morgan fingerprint density at radius 3 is 2.50 bits per heavy atom. The molecule has 0 radical (unpaired) electrons. The predicted octanol–water partition coefficient (Wildman–Crippen LogP) is 5.03. The molecule has 0 saturated heterocycles. The molecule has 1 N–H and O–H groups in total. The standard InChI is InChI=1S/C19H19N3O4S2/c1-3-13(2)14-8-10-15(11-9-14)16-12-27-19(20-16)21-28(25,26)18-7-5-4-6-17(18)22(23)24/h4-13H,3H2,1-2H3,(H,20,21). The molecule has 9 heteroatoms. The van der Waals surface area contributed by atoms with Crippen LogP contribution in [0.5, 0.6) is 0 Å². The van der Waals surface area contributed by atoms with E-state index in [1.165, 1.54) is 23.8 Å². The zero-order chi connectivity index (χ0) is 20.3. The van der Waals surface area contributed by atoms with E-state index in [1.54, 1.807) is 5.38 Å². The van der Waals surface area contributed by atoms with Gasteiger partial charge in [-0.05, 0) is 24.0 Å². The van der Waals surface area contributed by atoms with Crippen molar-refractivity contribution in [3.8, 4) is 11.3 Å². The number of rotatable bonds is 7. The van der Waals surface area contributed by atoms with Crippen LogP contribution >= 0.6 is 11.3 Å². The van der Waals surface area contributed by atoms with Gasteiger partial charge in [-0.3, -0.25) is 14.8 Å². The Bertz CT molecular complexity index is 1090. The molecule has 28 heavy (non-hydrogen) atoms. The van der Waals surface area contributed by atoms with Gasteiger partial charge in [0.25, 0.3) is 15.7 Å². The third-order valence-corrected chi connectivity index (χ3v) is 6.74. The maximum atomic E-state index is 12.6. The molecule has 3 rings (SSSR count). The van der Waals surface area contributed by atoms with Crippen LogP contribution in [0.2, 0.25) is 0 Å². The number of anilines is 1. The Labute approximate surface area is 167 Å². The van der Waals surface area contributed by atoms with Crippen LogP contribution in [0.15, 0.2) is 58.8 Å². The molecule has 0 fully saturated rings. The van der Waals surface area contributed by atoms with Gasteiger partial charge in [-0.15, -0.1) is 11.3 Å². The lowest BCUT2D eigenvalue weighted by molar-refractivity contribution is -0.387. The molecule has 0 spiro atoms. The monoisotopic (exact) mass is 417 g/mol. The van der Waals surface area contributed by atoms with Gasteiger partial charge in [-0.1, -0.05) is 50.2 Å². The van der Waals surface area contributed by atoms with E-state index in [-0.39, 0.29) is 5.13 Å². The minimum Gasteiger partial charge on any atom is -0.258 e. The summed E-state index contributed by atoms with van der Waals surface area (Å²) in [6, 6.07) is 13.2. The minimum absolute atomic E-state index is 0.152. The highest BCUT2D eigenvalue weighted by molar-refractivity contribution is 7.93. The number of nitro groups is 1. The van der Waals surface area contributed by atoms with Gasteiger partial charge < -0.3 is 0 Å². The van der Waals surface area contributed by atoms with Gasteiger partial charge in [0.2, 0.25) is 0 Å². The molecular formula is C19H19N3O4S2. The van der Waals surface area contributed by atoms with Crippen LogP contribution in [-0.2, 0) is 10.0 Å². The molecular weight excluding hydrogens is 398 g/mol. The fourth-order valence-corrected chi connectivity index (χ4v) is 4.82. The van der Waals surface area contributed by atoms with Crippen LogP contribution in [0.3, 0.4) is 0 Å². The summed E-state index contributed by atoms with van der Waals surface area (Å²) in [5.74, 6) is 0.466. The quantitative estimate of drug-likeness (QED) is 0.429. The van der Waals surface area contributed by atoms with Gasteiger partial charge >= 0.3 is 0 Å². The van der Waals surface area contributed by atoms with Crippen molar-refractivity contribution in [1.29, 1.82) is 0 Å². The first-order valence-electron chi connectivity index (χ1n) is 8.64. The van der Waals surface area contributed by atoms with E-state index in [1.807, 2.05) is 24.3 Å². The number of benzene rings is 2. The molecule has 3 aromatic rings. The largest absolute Gasteiger partial charge is 0.289 e. The highest BCUT2D eigenvalue weighted by Gasteiger charge is 2.26. The number of nitro benzene ring substituents is 1. The summed E-state index contributed by atoms with van der Waals surface area (Å²) in [7, 11) is -4.12. The number of nitrogens with one attached hydrogen (secondary N) is 1. The highest BCUT2D eigenvalue weighted by Crippen LogP contribution is 2.30. The van der Waals surface area contributed by atoms with Crippen molar-refractivity contribution >= 4 is 32.2 Å². The van der Waals surface area contributed by atoms with E-state index in [0.717, 1.165) is 29.4 Å². The summed E-state index contributed by atoms with van der Waals surface area (Å²) in [6.07, 6.45) is 1.05. The second-order valence-corrected chi connectivity index (χ2v) is 8.81.